The molecule has 19 heavy (non-hydrogen) atoms. The number of ether oxygens (including phenoxy) is 1. The molecule has 1 aliphatic heterocycles. The predicted octanol–water partition coefficient (Wildman–Crippen LogP) is 3.85. The van der Waals surface area contributed by atoms with Crippen LogP contribution in [0.4, 0.5) is 4.39 Å². The van der Waals surface area contributed by atoms with Crippen LogP contribution in [0.2, 0.25) is 0 Å². The number of rotatable bonds is 1. The summed E-state index contributed by atoms with van der Waals surface area (Å²) < 4.78 is 19.2. The lowest BCUT2D eigenvalue weighted by molar-refractivity contribution is 0.228. The summed E-state index contributed by atoms with van der Waals surface area (Å²) in [7, 11) is 0. The molecule has 0 spiro atoms. The second-order valence-corrected chi connectivity index (χ2v) is 5.44. The van der Waals surface area contributed by atoms with Gasteiger partial charge in [-0.3, -0.25) is 0 Å². The van der Waals surface area contributed by atoms with Crippen LogP contribution >= 0.6 is 23.7 Å². The van der Waals surface area contributed by atoms with Crippen molar-refractivity contribution in [3.8, 4) is 16.9 Å². The third-order valence-electron chi connectivity index (χ3n) is 2.99. The smallest absolute Gasteiger partial charge is 0.142 e. The van der Waals surface area contributed by atoms with Gasteiger partial charge in [-0.15, -0.1) is 23.7 Å². The summed E-state index contributed by atoms with van der Waals surface area (Å²) in [6, 6.07) is 6.65. The first kappa shape index (κ1) is 14.3. The van der Waals surface area contributed by atoms with E-state index in [1.165, 1.54) is 10.9 Å². The average Bonchev–Trinajstić information content (AvgIpc) is 2.63. The standard InChI is InChI=1S/C14H14FNOS.ClH/c1-9-6-16-7-13-14(17-9)12(8-18-13)10-3-2-4-11(15)5-10;/h2-5,8-9,16H,6-7H2,1H3;1H/t9-;/m0./s1. The van der Waals surface area contributed by atoms with Crippen LogP contribution in [0.15, 0.2) is 29.6 Å². The van der Waals surface area contributed by atoms with E-state index >= 15 is 0 Å². The Labute approximate surface area is 122 Å². The van der Waals surface area contributed by atoms with Crippen molar-refractivity contribution in [1.29, 1.82) is 0 Å². The second kappa shape index (κ2) is 5.90. The van der Waals surface area contributed by atoms with Crippen LogP contribution in [0.1, 0.15) is 11.8 Å². The minimum Gasteiger partial charge on any atom is -0.488 e. The monoisotopic (exact) mass is 299 g/mol. The van der Waals surface area contributed by atoms with Gasteiger partial charge in [0.1, 0.15) is 17.7 Å². The molecule has 0 radical (unpaired) electrons. The van der Waals surface area contributed by atoms with Crippen molar-refractivity contribution in [1.82, 2.24) is 5.32 Å². The topological polar surface area (TPSA) is 21.3 Å². The molecule has 0 amide bonds. The van der Waals surface area contributed by atoms with Crippen molar-refractivity contribution in [3.05, 3.63) is 40.3 Å². The van der Waals surface area contributed by atoms with Gasteiger partial charge in [-0.25, -0.2) is 4.39 Å². The Morgan fingerprint density at radius 3 is 3.05 bits per heavy atom. The van der Waals surface area contributed by atoms with E-state index in [0.717, 1.165) is 30.0 Å². The minimum absolute atomic E-state index is 0. The Balaban J connectivity index is 0.00000133. The van der Waals surface area contributed by atoms with Gasteiger partial charge in [0.15, 0.2) is 0 Å². The molecule has 1 N–H and O–H groups in total. The first-order chi connectivity index (χ1) is 8.74. The fourth-order valence-electron chi connectivity index (χ4n) is 2.13. The largest absolute Gasteiger partial charge is 0.488 e. The maximum atomic E-state index is 13.3. The molecular weight excluding hydrogens is 285 g/mol. The first-order valence-corrected chi connectivity index (χ1v) is 6.85. The summed E-state index contributed by atoms with van der Waals surface area (Å²) in [6.45, 7) is 3.69. The summed E-state index contributed by atoms with van der Waals surface area (Å²) in [5, 5.41) is 5.38. The van der Waals surface area contributed by atoms with Crippen LogP contribution in [0.3, 0.4) is 0 Å². The summed E-state index contributed by atoms with van der Waals surface area (Å²) in [5.41, 5.74) is 1.87. The van der Waals surface area contributed by atoms with Crippen molar-refractivity contribution in [2.75, 3.05) is 6.54 Å². The van der Waals surface area contributed by atoms with E-state index in [4.69, 9.17) is 4.74 Å². The number of hydrogen-bond acceptors (Lipinski definition) is 3. The van der Waals surface area contributed by atoms with Crippen molar-refractivity contribution >= 4 is 23.7 Å². The highest BCUT2D eigenvalue weighted by Gasteiger charge is 2.20. The molecular formula is C14H15ClFNOS. The van der Waals surface area contributed by atoms with Gasteiger partial charge in [-0.1, -0.05) is 12.1 Å². The lowest BCUT2D eigenvalue weighted by Gasteiger charge is -2.12. The Kier molecular flexibility index (Phi) is 4.45. The van der Waals surface area contributed by atoms with Gasteiger partial charge in [0, 0.05) is 24.0 Å². The molecule has 0 saturated carbocycles. The van der Waals surface area contributed by atoms with Crippen LogP contribution in [0.25, 0.3) is 11.1 Å². The highest BCUT2D eigenvalue weighted by atomic mass is 35.5. The van der Waals surface area contributed by atoms with Crippen LogP contribution in [0.5, 0.6) is 5.75 Å². The summed E-state index contributed by atoms with van der Waals surface area (Å²) >= 11 is 1.66. The predicted molar refractivity (Wildman–Crippen MR) is 78.8 cm³/mol. The third-order valence-corrected chi connectivity index (χ3v) is 3.96. The fourth-order valence-corrected chi connectivity index (χ4v) is 3.08. The van der Waals surface area contributed by atoms with Crippen LogP contribution in [-0.4, -0.2) is 12.6 Å². The zero-order valence-corrected chi connectivity index (χ0v) is 12.1. The maximum absolute atomic E-state index is 13.3. The Hall–Kier alpha value is -1.10. The molecule has 0 saturated heterocycles. The Morgan fingerprint density at radius 2 is 2.26 bits per heavy atom. The molecule has 1 aromatic heterocycles. The molecule has 5 heteroatoms. The number of halogens is 2. The molecule has 1 atom stereocenters. The zero-order valence-electron chi connectivity index (χ0n) is 10.5. The highest BCUT2D eigenvalue weighted by molar-refractivity contribution is 7.10. The molecule has 1 aromatic carbocycles. The number of benzene rings is 1. The molecule has 0 unspecified atom stereocenters. The van der Waals surface area contributed by atoms with E-state index in [-0.39, 0.29) is 24.3 Å². The summed E-state index contributed by atoms with van der Waals surface area (Å²) in [5.74, 6) is 0.690. The van der Waals surface area contributed by atoms with E-state index in [1.807, 2.05) is 18.4 Å². The zero-order chi connectivity index (χ0) is 12.5. The second-order valence-electron chi connectivity index (χ2n) is 4.47. The molecule has 2 aromatic rings. The SMILES string of the molecule is C[C@H]1CNCc2scc(-c3cccc(F)c3)c2O1.Cl. The summed E-state index contributed by atoms with van der Waals surface area (Å²) in [4.78, 5) is 1.18. The van der Waals surface area contributed by atoms with Gasteiger partial charge in [0.2, 0.25) is 0 Å². The lowest BCUT2D eigenvalue weighted by Crippen LogP contribution is -2.25. The van der Waals surface area contributed by atoms with Crippen LogP contribution in [0, 0.1) is 5.82 Å². The van der Waals surface area contributed by atoms with Gasteiger partial charge in [-0.05, 0) is 24.6 Å². The average molecular weight is 300 g/mol. The number of nitrogens with one attached hydrogen (secondary N) is 1. The molecule has 0 fully saturated rings. The van der Waals surface area contributed by atoms with E-state index < -0.39 is 0 Å². The van der Waals surface area contributed by atoms with Crippen LogP contribution in [-0.2, 0) is 6.54 Å². The normalized spacial score (nSPS) is 17.9. The van der Waals surface area contributed by atoms with Crippen molar-refractivity contribution in [3.63, 3.8) is 0 Å². The quantitative estimate of drug-likeness (QED) is 0.864. The molecule has 2 nitrogen and oxygen atoms in total. The number of fused-ring (bicyclic) bond motifs is 1. The number of thiophene rings is 1. The highest BCUT2D eigenvalue weighted by Crippen LogP contribution is 2.39. The van der Waals surface area contributed by atoms with Gasteiger partial charge in [0.05, 0.1) is 4.88 Å². The Bertz CT molecular complexity index is 572. The molecule has 3 rings (SSSR count). The van der Waals surface area contributed by atoms with Gasteiger partial charge >= 0.3 is 0 Å². The van der Waals surface area contributed by atoms with Crippen molar-refractivity contribution in [2.45, 2.75) is 19.6 Å². The van der Waals surface area contributed by atoms with E-state index in [2.05, 4.69) is 5.32 Å². The first-order valence-electron chi connectivity index (χ1n) is 5.97. The van der Waals surface area contributed by atoms with E-state index in [9.17, 15) is 4.39 Å². The third kappa shape index (κ3) is 2.91. The molecule has 0 bridgehead atoms. The molecule has 1 aliphatic rings. The lowest BCUT2D eigenvalue weighted by atomic mass is 10.1. The number of hydrogen-bond donors (Lipinski definition) is 1. The van der Waals surface area contributed by atoms with Gasteiger partial charge < -0.3 is 10.1 Å². The van der Waals surface area contributed by atoms with Crippen molar-refractivity contribution in [2.24, 2.45) is 0 Å². The molecule has 102 valence electrons. The molecule has 2 heterocycles. The fraction of sp³-hybridized carbons (Fsp3) is 0.286. The minimum atomic E-state index is -0.216. The van der Waals surface area contributed by atoms with Gasteiger partial charge in [0.25, 0.3) is 0 Å². The summed E-state index contributed by atoms with van der Waals surface area (Å²) in [6.07, 6.45) is 0.133. The van der Waals surface area contributed by atoms with E-state index in [1.54, 1.807) is 23.5 Å². The molecule has 0 aliphatic carbocycles. The van der Waals surface area contributed by atoms with Gasteiger partial charge in [-0.2, -0.15) is 0 Å². The Morgan fingerprint density at radius 1 is 1.42 bits per heavy atom. The van der Waals surface area contributed by atoms with Crippen molar-refractivity contribution < 1.29 is 9.13 Å². The van der Waals surface area contributed by atoms with Crippen LogP contribution < -0.4 is 10.1 Å². The maximum Gasteiger partial charge on any atom is 0.142 e. The van der Waals surface area contributed by atoms with E-state index in [0.29, 0.717) is 0 Å².